The van der Waals surface area contributed by atoms with Crippen molar-refractivity contribution in [3.05, 3.63) is 47.0 Å². The Morgan fingerprint density at radius 1 is 0.409 bits per heavy atom. The van der Waals surface area contributed by atoms with Crippen molar-refractivity contribution in [2.75, 3.05) is 0 Å². The smallest absolute Gasteiger partial charge is 0.744 e. The summed E-state index contributed by atoms with van der Waals surface area (Å²) in [6.07, 6.45) is 3.53. The molecule has 24 heteroatoms. The van der Waals surface area contributed by atoms with E-state index >= 15 is 0 Å². The van der Waals surface area contributed by atoms with Crippen LogP contribution in [0.1, 0.15) is 22.8 Å². The molecule has 0 amide bonds. The van der Waals surface area contributed by atoms with Gasteiger partial charge in [-0.15, -0.1) is 0 Å². The Morgan fingerprint density at radius 2 is 0.591 bits per heavy atom. The molecular formula is C20H10N4Na4O12S4. The molecule has 2 aliphatic heterocycles. The van der Waals surface area contributed by atoms with Crippen molar-refractivity contribution in [3.8, 4) is 0 Å². The summed E-state index contributed by atoms with van der Waals surface area (Å²) in [6, 6.07) is 3.64. The fourth-order valence-electron chi connectivity index (χ4n) is 4.15. The second-order valence-electron chi connectivity index (χ2n) is 8.14. The summed E-state index contributed by atoms with van der Waals surface area (Å²) in [5, 5.41) is 0. The van der Waals surface area contributed by atoms with Crippen LogP contribution in [0, 0.1) is 0 Å². The molecule has 8 bridgehead atoms. The number of hydrogen-bond donors (Lipinski definition) is 2. The summed E-state index contributed by atoms with van der Waals surface area (Å²) in [6.45, 7) is 0. The van der Waals surface area contributed by atoms with E-state index in [1.54, 1.807) is 0 Å². The monoisotopic (exact) mass is 718 g/mol. The van der Waals surface area contributed by atoms with Gasteiger partial charge in [-0.1, -0.05) is 0 Å². The number of aromatic nitrogens is 4. The molecule has 3 aromatic heterocycles. The number of H-pyrrole nitrogens is 2. The minimum Gasteiger partial charge on any atom is -0.744 e. The minimum absolute atomic E-state index is 0. The summed E-state index contributed by atoms with van der Waals surface area (Å²) in [5.74, 6) is 0. The average Bonchev–Trinajstić information content (AvgIpc) is 3.55. The van der Waals surface area contributed by atoms with Crippen LogP contribution in [-0.2, 0) is 40.5 Å². The van der Waals surface area contributed by atoms with Crippen molar-refractivity contribution in [3.63, 3.8) is 0 Å². The maximum atomic E-state index is 12.2. The van der Waals surface area contributed by atoms with Crippen molar-refractivity contribution in [1.29, 1.82) is 0 Å². The Morgan fingerprint density at radius 3 is 0.750 bits per heavy atom. The Bertz CT molecular complexity index is 2020. The molecule has 16 nitrogen and oxygen atoms in total. The number of aromatic amines is 2. The molecule has 0 atom stereocenters. The number of hydrogen-bond acceptors (Lipinski definition) is 14. The zero-order valence-electron chi connectivity index (χ0n) is 23.0. The van der Waals surface area contributed by atoms with Gasteiger partial charge in [-0.2, -0.15) is 0 Å². The Labute approximate surface area is 338 Å². The largest absolute Gasteiger partial charge is 1.00 e. The van der Waals surface area contributed by atoms with E-state index in [4.69, 9.17) is 0 Å². The van der Waals surface area contributed by atoms with Crippen LogP contribution < -0.4 is 118 Å². The number of rotatable bonds is 4. The average molecular weight is 719 g/mol. The summed E-state index contributed by atoms with van der Waals surface area (Å²) in [7, 11) is -21.7. The van der Waals surface area contributed by atoms with Crippen molar-refractivity contribution in [2.45, 2.75) is 19.6 Å². The molecule has 210 valence electrons. The first-order chi connectivity index (χ1) is 18.4. The van der Waals surface area contributed by atoms with Gasteiger partial charge in [-0.25, -0.2) is 43.6 Å². The zero-order chi connectivity index (χ0) is 29.4. The first-order valence-electron chi connectivity index (χ1n) is 10.4. The van der Waals surface area contributed by atoms with Crippen LogP contribution in [0.25, 0.3) is 46.4 Å². The van der Waals surface area contributed by atoms with Crippen molar-refractivity contribution in [2.24, 2.45) is 0 Å². The molecule has 5 heterocycles. The van der Waals surface area contributed by atoms with Crippen LogP contribution in [0.15, 0.2) is 43.8 Å². The third kappa shape index (κ3) is 8.44. The number of nitrogens with zero attached hydrogens (tertiary/aromatic N) is 2. The second-order valence-corrected chi connectivity index (χ2v) is 13.4. The molecule has 44 heavy (non-hydrogen) atoms. The topological polar surface area (TPSA) is 286 Å². The molecule has 2 N–H and O–H groups in total. The quantitative estimate of drug-likeness (QED) is 0.129. The van der Waals surface area contributed by atoms with E-state index < -0.39 is 105 Å². The molecule has 0 fully saturated rings. The molecule has 0 aliphatic carbocycles. The van der Waals surface area contributed by atoms with E-state index in [2.05, 4.69) is 19.9 Å². The Hall–Kier alpha value is 0.240. The second kappa shape index (κ2) is 14.8. The first-order valence-corrected chi connectivity index (χ1v) is 16.0. The van der Waals surface area contributed by atoms with Gasteiger partial charge in [0, 0.05) is 0 Å². The molecule has 0 radical (unpaired) electrons. The van der Waals surface area contributed by atoms with Crippen molar-refractivity contribution < 1.29 is 170 Å². The van der Waals surface area contributed by atoms with E-state index in [9.17, 15) is 51.9 Å². The summed E-state index contributed by atoms with van der Waals surface area (Å²) in [5.41, 5.74) is -4.92. The predicted molar refractivity (Wildman–Crippen MR) is 131 cm³/mol. The predicted octanol–water partition coefficient (Wildman–Crippen LogP) is -11.7. The van der Waals surface area contributed by atoms with Gasteiger partial charge in [0.15, 0.2) is 0 Å². The van der Waals surface area contributed by atoms with Crippen LogP contribution in [0.5, 0.6) is 0 Å². The van der Waals surface area contributed by atoms with Gasteiger partial charge in [0.25, 0.3) is 0 Å². The molecule has 3 aromatic rings. The van der Waals surface area contributed by atoms with Crippen molar-refractivity contribution >= 4 is 86.8 Å². The van der Waals surface area contributed by atoms with Crippen LogP contribution in [0.4, 0.5) is 0 Å². The molecule has 2 aliphatic rings. The Kier molecular flexibility index (Phi) is 14.2. The van der Waals surface area contributed by atoms with Gasteiger partial charge in [0.05, 0.1) is 44.8 Å². The SMILES string of the molecule is O=S(=O)([O-])c1c2nc(c(S(=O)(=O)[O-])c3ccc([nH]3)c(S(=O)(=O)[O-])c3nc(c(S(=O)(=O)[O-])c4ccc1[nH]4)C=C3)C=C2.[Na+].[Na+].[Na+].[Na+]. The molecular weight excluding hydrogens is 708 g/mol. The fraction of sp³-hybridized carbons (Fsp3) is 0. The maximum absolute atomic E-state index is 12.2. The standard InChI is InChI=1S/C20H14N4O12S4.4Na/c25-37(26,27)17-9-1-2-10(21-9)18(38(28,29)30)12-5-6-14(23-12)20(40(34,35)36)16-8-7-15(24-16)19(39(31,32)33)13-4-3-11(17)22-13;;;;/h1-8,21,24H,(H,25,26,27)(H,28,29,30)(H,31,32,33)(H,34,35,36);;;;/q;4*+1/p-4. The third-order valence-corrected chi connectivity index (χ3v) is 9.28. The van der Waals surface area contributed by atoms with Gasteiger partial charge in [0.1, 0.15) is 60.1 Å². The fourth-order valence-corrected chi connectivity index (χ4v) is 7.19. The first kappa shape index (κ1) is 42.3. The van der Waals surface area contributed by atoms with E-state index in [0.717, 1.165) is 48.6 Å². The number of nitrogens with one attached hydrogen (secondary N) is 2. The van der Waals surface area contributed by atoms with E-state index in [1.165, 1.54) is 0 Å². The van der Waals surface area contributed by atoms with E-state index in [0.29, 0.717) is 0 Å². The summed E-state index contributed by atoms with van der Waals surface area (Å²) < 4.78 is 146. The summed E-state index contributed by atoms with van der Waals surface area (Å²) in [4.78, 5) is 7.84. The minimum atomic E-state index is -5.42. The molecule has 0 saturated heterocycles. The van der Waals surface area contributed by atoms with E-state index in [-0.39, 0.29) is 118 Å². The number of fused-ring (bicyclic) bond motifs is 8. The zero-order valence-corrected chi connectivity index (χ0v) is 34.3. The van der Waals surface area contributed by atoms with Crippen molar-refractivity contribution in [1.82, 2.24) is 19.9 Å². The van der Waals surface area contributed by atoms with Crippen LogP contribution in [-0.4, -0.2) is 71.8 Å². The normalized spacial score (nSPS) is 12.8. The van der Waals surface area contributed by atoms with Gasteiger partial charge in [0.2, 0.25) is 0 Å². The van der Waals surface area contributed by atoms with Crippen LogP contribution in [0.2, 0.25) is 0 Å². The van der Waals surface area contributed by atoms with E-state index in [1.807, 2.05) is 0 Å². The van der Waals surface area contributed by atoms with Gasteiger partial charge >= 0.3 is 118 Å². The molecule has 0 aromatic carbocycles. The van der Waals surface area contributed by atoms with Gasteiger partial charge in [-0.3, -0.25) is 0 Å². The van der Waals surface area contributed by atoms with Crippen LogP contribution >= 0.6 is 0 Å². The summed E-state index contributed by atoms with van der Waals surface area (Å²) >= 11 is 0. The third-order valence-electron chi connectivity index (χ3n) is 5.56. The van der Waals surface area contributed by atoms with Crippen LogP contribution in [0.3, 0.4) is 0 Å². The molecule has 0 unspecified atom stereocenters. The van der Waals surface area contributed by atoms with Gasteiger partial charge < -0.3 is 28.2 Å². The Balaban J connectivity index is 0.00000242. The molecule has 5 rings (SSSR count). The molecule has 0 saturated carbocycles. The van der Waals surface area contributed by atoms with Gasteiger partial charge in [-0.05, 0) is 48.6 Å². The molecule has 0 spiro atoms. The maximum Gasteiger partial charge on any atom is 1.00 e.